The molecule has 1 unspecified atom stereocenters. The van der Waals surface area contributed by atoms with E-state index in [1.165, 1.54) is 12.1 Å². The van der Waals surface area contributed by atoms with Gasteiger partial charge in [0.05, 0.1) is 34.9 Å². The lowest BCUT2D eigenvalue weighted by Gasteiger charge is -2.29. The number of carbonyl (C=O) groups excluding carboxylic acids is 1. The lowest BCUT2D eigenvalue weighted by Crippen LogP contribution is -2.36. The van der Waals surface area contributed by atoms with E-state index in [9.17, 15) is 9.18 Å². The summed E-state index contributed by atoms with van der Waals surface area (Å²) in [6.45, 7) is 3.87. The smallest absolute Gasteiger partial charge is 0.258 e. The summed E-state index contributed by atoms with van der Waals surface area (Å²) in [6.07, 6.45) is 5.36. The van der Waals surface area contributed by atoms with Gasteiger partial charge in [-0.15, -0.1) is 0 Å². The van der Waals surface area contributed by atoms with E-state index >= 15 is 0 Å². The van der Waals surface area contributed by atoms with Crippen molar-refractivity contribution in [3.8, 4) is 5.69 Å². The molecule has 1 amide bonds. The summed E-state index contributed by atoms with van der Waals surface area (Å²) in [7, 11) is 0. The Morgan fingerprint density at radius 1 is 1.22 bits per heavy atom. The predicted octanol–water partition coefficient (Wildman–Crippen LogP) is 4.08. The molecule has 0 bridgehead atoms. The molecule has 1 aliphatic rings. The van der Waals surface area contributed by atoms with Crippen LogP contribution in [-0.4, -0.2) is 31.6 Å². The summed E-state index contributed by atoms with van der Waals surface area (Å²) in [5.41, 5.74) is 2.91. The molecule has 0 aliphatic heterocycles. The Hall–Kier alpha value is -3.02. The van der Waals surface area contributed by atoms with Crippen LogP contribution in [0.4, 0.5) is 4.39 Å². The fourth-order valence-electron chi connectivity index (χ4n) is 3.38. The van der Waals surface area contributed by atoms with E-state index in [-0.39, 0.29) is 23.8 Å². The summed E-state index contributed by atoms with van der Waals surface area (Å²) < 4.78 is 14.9. The summed E-state index contributed by atoms with van der Waals surface area (Å²) in [5, 5.41) is 4.36. The third-order valence-corrected chi connectivity index (χ3v) is 5.02. The highest BCUT2D eigenvalue weighted by Gasteiger charge is 2.38. The maximum atomic E-state index is 13.3. The van der Waals surface area contributed by atoms with Gasteiger partial charge in [0.25, 0.3) is 5.91 Å². The second-order valence-electron chi connectivity index (χ2n) is 6.91. The van der Waals surface area contributed by atoms with Crippen LogP contribution in [0.2, 0.25) is 0 Å². The largest absolute Gasteiger partial charge is 0.327 e. The Kier molecular flexibility index (Phi) is 4.48. The maximum Gasteiger partial charge on any atom is 0.258 e. The van der Waals surface area contributed by atoms with E-state index in [1.54, 1.807) is 29.2 Å². The minimum absolute atomic E-state index is 0.0403. The van der Waals surface area contributed by atoms with Crippen molar-refractivity contribution in [3.63, 3.8) is 0 Å². The Bertz CT molecular complexity index is 948. The Morgan fingerprint density at radius 2 is 1.96 bits per heavy atom. The van der Waals surface area contributed by atoms with Crippen molar-refractivity contribution >= 4 is 5.91 Å². The van der Waals surface area contributed by atoms with Gasteiger partial charge in [-0.1, -0.05) is 6.07 Å². The van der Waals surface area contributed by atoms with Gasteiger partial charge in [0.2, 0.25) is 0 Å². The minimum atomic E-state index is -0.302. The third kappa shape index (κ3) is 3.35. The second kappa shape index (κ2) is 6.95. The SMILES string of the molecule is Cc1c(C(=O)N(C2CC2)C(C)c2ccccn2)cnn1-c1ccc(F)cc1. The van der Waals surface area contributed by atoms with E-state index in [0.717, 1.165) is 29.9 Å². The summed E-state index contributed by atoms with van der Waals surface area (Å²) in [6, 6.07) is 12.0. The fourth-order valence-corrected chi connectivity index (χ4v) is 3.38. The molecule has 0 radical (unpaired) electrons. The van der Waals surface area contributed by atoms with Crippen LogP contribution in [0, 0.1) is 12.7 Å². The first-order chi connectivity index (χ1) is 13.1. The van der Waals surface area contributed by atoms with Crippen LogP contribution in [0.1, 0.15) is 47.6 Å². The van der Waals surface area contributed by atoms with Crippen molar-refractivity contribution in [2.75, 3.05) is 0 Å². The van der Waals surface area contributed by atoms with E-state index < -0.39 is 0 Å². The first-order valence-electron chi connectivity index (χ1n) is 9.10. The Morgan fingerprint density at radius 3 is 2.59 bits per heavy atom. The number of aromatic nitrogens is 3. The van der Waals surface area contributed by atoms with Gasteiger partial charge < -0.3 is 4.90 Å². The molecule has 4 rings (SSSR count). The van der Waals surface area contributed by atoms with Crippen molar-refractivity contribution in [2.45, 2.75) is 38.8 Å². The Labute approximate surface area is 157 Å². The molecule has 2 aromatic heterocycles. The molecule has 3 aromatic rings. The molecule has 1 fully saturated rings. The molecule has 5 nitrogen and oxygen atoms in total. The van der Waals surface area contributed by atoms with E-state index in [1.807, 2.05) is 36.9 Å². The summed E-state index contributed by atoms with van der Waals surface area (Å²) >= 11 is 0. The van der Waals surface area contributed by atoms with Crippen LogP contribution in [0.3, 0.4) is 0 Å². The molecule has 1 atom stereocenters. The van der Waals surface area contributed by atoms with Crippen LogP contribution < -0.4 is 0 Å². The number of halogens is 1. The number of hydrogen-bond donors (Lipinski definition) is 0. The first kappa shape index (κ1) is 17.4. The van der Waals surface area contributed by atoms with Crippen molar-refractivity contribution in [1.29, 1.82) is 0 Å². The van der Waals surface area contributed by atoms with Gasteiger partial charge in [-0.3, -0.25) is 9.78 Å². The predicted molar refractivity (Wildman–Crippen MR) is 100 cm³/mol. The topological polar surface area (TPSA) is 51.0 Å². The quantitative estimate of drug-likeness (QED) is 0.685. The number of pyridine rings is 1. The van der Waals surface area contributed by atoms with Crippen LogP contribution >= 0.6 is 0 Å². The van der Waals surface area contributed by atoms with Gasteiger partial charge in [0.15, 0.2) is 0 Å². The number of benzene rings is 1. The number of rotatable bonds is 5. The highest BCUT2D eigenvalue weighted by Crippen LogP contribution is 2.35. The van der Waals surface area contributed by atoms with Gasteiger partial charge in [-0.2, -0.15) is 5.10 Å². The zero-order valence-corrected chi connectivity index (χ0v) is 15.3. The summed E-state index contributed by atoms with van der Waals surface area (Å²) in [5.74, 6) is -0.342. The van der Waals surface area contributed by atoms with E-state index in [0.29, 0.717) is 5.56 Å². The second-order valence-corrected chi connectivity index (χ2v) is 6.91. The van der Waals surface area contributed by atoms with Crippen LogP contribution in [0.5, 0.6) is 0 Å². The van der Waals surface area contributed by atoms with Crippen LogP contribution in [0.25, 0.3) is 5.69 Å². The van der Waals surface area contributed by atoms with Gasteiger partial charge in [-0.25, -0.2) is 9.07 Å². The fraction of sp³-hybridized carbons (Fsp3) is 0.286. The Balaban J connectivity index is 1.66. The van der Waals surface area contributed by atoms with E-state index in [4.69, 9.17) is 0 Å². The third-order valence-electron chi connectivity index (χ3n) is 5.02. The zero-order chi connectivity index (χ0) is 19.0. The van der Waals surface area contributed by atoms with Crippen molar-refractivity contribution in [1.82, 2.24) is 19.7 Å². The van der Waals surface area contributed by atoms with E-state index in [2.05, 4.69) is 10.1 Å². The maximum absolute atomic E-state index is 13.3. The molecule has 138 valence electrons. The molecule has 0 spiro atoms. The number of amides is 1. The highest BCUT2D eigenvalue weighted by atomic mass is 19.1. The minimum Gasteiger partial charge on any atom is -0.327 e. The number of carbonyl (C=O) groups is 1. The molecule has 1 aromatic carbocycles. The molecular weight excluding hydrogens is 343 g/mol. The zero-order valence-electron chi connectivity index (χ0n) is 15.3. The lowest BCUT2D eigenvalue weighted by molar-refractivity contribution is 0.0669. The molecule has 6 heteroatoms. The van der Waals surface area contributed by atoms with Crippen molar-refractivity contribution in [2.24, 2.45) is 0 Å². The number of nitrogens with zero attached hydrogens (tertiary/aromatic N) is 4. The van der Waals surface area contributed by atoms with Crippen molar-refractivity contribution < 1.29 is 9.18 Å². The molecular formula is C21H21FN4O. The normalized spacial score (nSPS) is 14.8. The molecule has 27 heavy (non-hydrogen) atoms. The molecule has 1 aliphatic carbocycles. The molecule has 0 N–H and O–H groups in total. The highest BCUT2D eigenvalue weighted by molar-refractivity contribution is 5.95. The standard InChI is InChI=1S/C21H21FN4O/c1-14-19(13-24-26(14)18-8-6-16(22)7-9-18)21(27)25(17-10-11-17)15(2)20-5-3-4-12-23-20/h3-9,12-13,15,17H,10-11H2,1-2H3. The van der Waals surface area contributed by atoms with Crippen LogP contribution in [-0.2, 0) is 0 Å². The first-order valence-corrected chi connectivity index (χ1v) is 9.10. The van der Waals surface area contributed by atoms with Crippen LogP contribution in [0.15, 0.2) is 54.9 Å². The average Bonchev–Trinajstić information content (AvgIpc) is 3.44. The van der Waals surface area contributed by atoms with Gasteiger partial charge in [0.1, 0.15) is 5.82 Å². The lowest BCUT2D eigenvalue weighted by atomic mass is 10.1. The van der Waals surface area contributed by atoms with Gasteiger partial charge in [-0.05, 0) is 63.1 Å². The molecule has 2 heterocycles. The summed E-state index contributed by atoms with van der Waals surface area (Å²) in [4.78, 5) is 19.7. The number of hydrogen-bond acceptors (Lipinski definition) is 3. The monoisotopic (exact) mass is 364 g/mol. The van der Waals surface area contributed by atoms with Crippen molar-refractivity contribution in [3.05, 3.63) is 77.6 Å². The van der Waals surface area contributed by atoms with Gasteiger partial charge >= 0.3 is 0 Å². The molecule has 0 saturated heterocycles. The average molecular weight is 364 g/mol. The van der Waals surface area contributed by atoms with Gasteiger partial charge in [0, 0.05) is 12.2 Å². The molecule has 1 saturated carbocycles.